The van der Waals surface area contributed by atoms with Crippen LogP contribution >= 0.6 is 11.6 Å². The Kier molecular flexibility index (Phi) is 4.60. The maximum atomic E-state index is 12.8. The lowest BCUT2D eigenvalue weighted by atomic mass is 9.97. The minimum Gasteiger partial charge on any atom is -0.454 e. The molecule has 0 bridgehead atoms. The summed E-state index contributed by atoms with van der Waals surface area (Å²) in [4.78, 5) is 14.7. The molecule has 0 N–H and O–H groups in total. The molecule has 0 aliphatic carbocycles. The van der Waals surface area contributed by atoms with Crippen LogP contribution in [0, 0.1) is 0 Å². The van der Waals surface area contributed by atoms with Crippen LogP contribution in [0.3, 0.4) is 0 Å². The molecule has 2 aliphatic heterocycles. The van der Waals surface area contributed by atoms with Gasteiger partial charge in [-0.1, -0.05) is 17.7 Å². The third kappa shape index (κ3) is 3.53. The molecule has 3 heterocycles. The van der Waals surface area contributed by atoms with Gasteiger partial charge in [0.05, 0.1) is 5.92 Å². The van der Waals surface area contributed by atoms with Crippen LogP contribution in [0.5, 0.6) is 11.5 Å². The van der Waals surface area contributed by atoms with E-state index < -0.39 is 0 Å². The van der Waals surface area contributed by atoms with Crippen LogP contribution in [0.25, 0.3) is 11.5 Å². The predicted octanol–water partition coefficient (Wildman–Crippen LogP) is 4.14. The first-order valence-corrected chi connectivity index (χ1v) is 9.83. The minimum absolute atomic E-state index is 0.00199. The first kappa shape index (κ1) is 18.0. The number of hydrogen-bond donors (Lipinski definition) is 0. The van der Waals surface area contributed by atoms with Crippen LogP contribution in [0.2, 0.25) is 5.02 Å². The van der Waals surface area contributed by atoms with Crippen molar-refractivity contribution in [1.82, 2.24) is 15.1 Å². The molecular weight excluding hydrogens is 394 g/mol. The summed E-state index contributed by atoms with van der Waals surface area (Å²) in [7, 11) is 0. The SMILES string of the molecule is O=C(c1cccc(Cl)c1)N1CCCC(c2nnc(-c3ccc4c(c3)OCO4)o2)C1. The van der Waals surface area contributed by atoms with Crippen LogP contribution in [0.15, 0.2) is 46.9 Å². The Labute approximate surface area is 172 Å². The van der Waals surface area contributed by atoms with Gasteiger partial charge in [-0.25, -0.2) is 0 Å². The standard InChI is InChI=1S/C21H18ClN3O4/c22-16-5-1-3-14(9-16)21(26)25-8-2-4-15(11-25)20-24-23-19(29-20)13-6-7-17-18(10-13)28-12-27-17/h1,3,5-7,9-10,15H,2,4,8,11-12H2. The van der Waals surface area contributed by atoms with E-state index in [2.05, 4.69) is 10.2 Å². The van der Waals surface area contributed by atoms with Gasteiger partial charge in [0.1, 0.15) is 0 Å². The van der Waals surface area contributed by atoms with Crippen LogP contribution in [-0.4, -0.2) is 40.9 Å². The molecular formula is C21H18ClN3O4. The quantitative estimate of drug-likeness (QED) is 0.644. The Morgan fingerprint density at radius 3 is 2.90 bits per heavy atom. The predicted molar refractivity (Wildman–Crippen MR) is 105 cm³/mol. The second kappa shape index (κ2) is 7.40. The number of aromatic nitrogens is 2. The van der Waals surface area contributed by atoms with Crippen molar-refractivity contribution >= 4 is 17.5 Å². The fourth-order valence-electron chi connectivity index (χ4n) is 3.71. The average Bonchev–Trinajstić information content (AvgIpc) is 3.42. The maximum Gasteiger partial charge on any atom is 0.253 e. The third-order valence-corrected chi connectivity index (χ3v) is 5.42. The number of piperidine rings is 1. The molecule has 2 aromatic carbocycles. The highest BCUT2D eigenvalue weighted by atomic mass is 35.5. The van der Waals surface area contributed by atoms with Gasteiger partial charge < -0.3 is 18.8 Å². The largest absolute Gasteiger partial charge is 0.454 e. The Morgan fingerprint density at radius 2 is 2.00 bits per heavy atom. The van der Waals surface area contributed by atoms with Gasteiger partial charge in [0.25, 0.3) is 5.91 Å². The van der Waals surface area contributed by atoms with Crippen molar-refractivity contribution in [2.75, 3.05) is 19.9 Å². The fourth-order valence-corrected chi connectivity index (χ4v) is 3.90. The lowest BCUT2D eigenvalue weighted by Gasteiger charge is -2.31. The number of carbonyl (C=O) groups excluding carboxylic acids is 1. The number of halogens is 1. The number of ether oxygens (including phenoxy) is 2. The van der Waals surface area contributed by atoms with Gasteiger partial charge in [-0.3, -0.25) is 4.79 Å². The van der Waals surface area contributed by atoms with E-state index in [0.29, 0.717) is 47.0 Å². The zero-order valence-electron chi connectivity index (χ0n) is 15.5. The van der Waals surface area contributed by atoms with Gasteiger partial charge in [0, 0.05) is 29.2 Å². The molecule has 1 saturated heterocycles. The molecule has 0 radical (unpaired) electrons. The zero-order valence-corrected chi connectivity index (χ0v) is 16.3. The van der Waals surface area contributed by atoms with Crippen LogP contribution < -0.4 is 9.47 Å². The second-order valence-electron chi connectivity index (χ2n) is 7.11. The van der Waals surface area contributed by atoms with Crippen molar-refractivity contribution < 1.29 is 18.7 Å². The van der Waals surface area contributed by atoms with Gasteiger partial charge in [-0.05, 0) is 49.2 Å². The zero-order chi connectivity index (χ0) is 19.8. The van der Waals surface area contributed by atoms with E-state index in [1.807, 2.05) is 23.1 Å². The van der Waals surface area contributed by atoms with E-state index in [4.69, 9.17) is 25.5 Å². The van der Waals surface area contributed by atoms with Crippen molar-refractivity contribution in [1.29, 1.82) is 0 Å². The molecule has 1 aromatic heterocycles. The normalized spacial score (nSPS) is 18.1. The van der Waals surface area contributed by atoms with E-state index in [9.17, 15) is 4.79 Å². The molecule has 148 valence electrons. The summed E-state index contributed by atoms with van der Waals surface area (Å²) in [5.41, 5.74) is 1.36. The van der Waals surface area contributed by atoms with Crippen molar-refractivity contribution in [2.45, 2.75) is 18.8 Å². The number of nitrogens with zero attached hydrogens (tertiary/aromatic N) is 3. The van der Waals surface area contributed by atoms with E-state index in [1.165, 1.54) is 0 Å². The summed E-state index contributed by atoms with van der Waals surface area (Å²) >= 11 is 6.03. The molecule has 1 amide bonds. The topological polar surface area (TPSA) is 77.7 Å². The Balaban J connectivity index is 1.33. The molecule has 5 rings (SSSR count). The highest BCUT2D eigenvalue weighted by Crippen LogP contribution is 2.36. The number of benzene rings is 2. The van der Waals surface area contributed by atoms with Gasteiger partial charge >= 0.3 is 0 Å². The molecule has 3 aromatic rings. The lowest BCUT2D eigenvalue weighted by molar-refractivity contribution is 0.0698. The number of carbonyl (C=O) groups is 1. The number of likely N-dealkylation sites (tertiary alicyclic amines) is 1. The van der Waals surface area contributed by atoms with Gasteiger partial charge in [0.15, 0.2) is 11.5 Å². The molecule has 2 aliphatic rings. The van der Waals surface area contributed by atoms with Crippen LogP contribution in [-0.2, 0) is 0 Å². The van der Waals surface area contributed by atoms with Crippen molar-refractivity contribution in [3.63, 3.8) is 0 Å². The average molecular weight is 412 g/mol. The fraction of sp³-hybridized carbons (Fsp3) is 0.286. The summed E-state index contributed by atoms with van der Waals surface area (Å²) in [5.74, 6) is 2.31. The summed E-state index contributed by atoms with van der Waals surface area (Å²) in [6.07, 6.45) is 1.76. The number of rotatable bonds is 3. The van der Waals surface area contributed by atoms with Crippen LogP contribution in [0.4, 0.5) is 0 Å². The third-order valence-electron chi connectivity index (χ3n) is 5.19. The molecule has 1 atom stereocenters. The molecule has 0 spiro atoms. The molecule has 7 nitrogen and oxygen atoms in total. The Bertz CT molecular complexity index is 1070. The molecule has 1 unspecified atom stereocenters. The minimum atomic E-state index is -0.0345. The molecule has 0 saturated carbocycles. The summed E-state index contributed by atoms with van der Waals surface area (Å²) in [6.45, 7) is 1.45. The lowest BCUT2D eigenvalue weighted by Crippen LogP contribution is -2.39. The molecule has 1 fully saturated rings. The van der Waals surface area contributed by atoms with Crippen molar-refractivity contribution in [2.24, 2.45) is 0 Å². The first-order chi connectivity index (χ1) is 14.2. The maximum absolute atomic E-state index is 12.8. The number of amides is 1. The van der Waals surface area contributed by atoms with E-state index >= 15 is 0 Å². The second-order valence-corrected chi connectivity index (χ2v) is 7.55. The highest BCUT2D eigenvalue weighted by molar-refractivity contribution is 6.30. The van der Waals surface area contributed by atoms with Gasteiger partial charge in [0.2, 0.25) is 18.6 Å². The Morgan fingerprint density at radius 1 is 1.10 bits per heavy atom. The van der Waals surface area contributed by atoms with Gasteiger partial charge in [-0.15, -0.1) is 10.2 Å². The van der Waals surface area contributed by atoms with Crippen molar-refractivity contribution in [3.8, 4) is 23.0 Å². The summed E-state index contributed by atoms with van der Waals surface area (Å²) in [6, 6.07) is 12.5. The van der Waals surface area contributed by atoms with E-state index in [0.717, 1.165) is 18.4 Å². The van der Waals surface area contributed by atoms with Crippen LogP contribution in [0.1, 0.15) is 35.0 Å². The monoisotopic (exact) mass is 411 g/mol. The van der Waals surface area contributed by atoms with Gasteiger partial charge in [-0.2, -0.15) is 0 Å². The smallest absolute Gasteiger partial charge is 0.253 e. The number of hydrogen-bond acceptors (Lipinski definition) is 6. The summed E-state index contributed by atoms with van der Waals surface area (Å²) in [5, 5.41) is 8.99. The number of fused-ring (bicyclic) bond motifs is 1. The van der Waals surface area contributed by atoms with E-state index in [-0.39, 0.29) is 18.6 Å². The first-order valence-electron chi connectivity index (χ1n) is 9.45. The Hall–Kier alpha value is -3.06. The molecule has 29 heavy (non-hydrogen) atoms. The molecule has 8 heteroatoms. The highest BCUT2D eigenvalue weighted by Gasteiger charge is 2.29. The van der Waals surface area contributed by atoms with Crippen molar-refractivity contribution in [3.05, 3.63) is 58.9 Å². The summed E-state index contributed by atoms with van der Waals surface area (Å²) < 4.78 is 16.7. The van der Waals surface area contributed by atoms with E-state index in [1.54, 1.807) is 24.3 Å².